The first-order chi connectivity index (χ1) is 20.2. The number of carbonyl (C=O) groups excluding carboxylic acids is 1. The fourth-order valence-electron chi connectivity index (χ4n) is 5.38. The monoisotopic (exact) mass is 615 g/mol. The number of carbonyl (C=O) groups is 1. The number of thioether (sulfide) groups is 1. The molecule has 3 aromatic carbocycles. The predicted octanol–water partition coefficient (Wildman–Crippen LogP) is 5.02. The largest absolute Gasteiger partial charge is 0.494 e. The van der Waals surface area contributed by atoms with Gasteiger partial charge in [0.25, 0.3) is 5.91 Å². The second-order valence-electron chi connectivity index (χ2n) is 10.6. The van der Waals surface area contributed by atoms with Gasteiger partial charge in [0.05, 0.1) is 12.7 Å². The number of nitrogens with zero attached hydrogens (tertiary/aromatic N) is 1. The number of benzene rings is 3. The molecule has 2 aliphatic heterocycles. The molecule has 42 heavy (non-hydrogen) atoms. The highest BCUT2D eigenvalue weighted by Crippen LogP contribution is 2.37. The van der Waals surface area contributed by atoms with E-state index in [0.717, 1.165) is 41.5 Å². The van der Waals surface area contributed by atoms with Crippen LogP contribution >= 0.6 is 23.4 Å². The lowest BCUT2D eigenvalue weighted by Crippen LogP contribution is -2.54. The molecule has 0 bridgehead atoms. The summed E-state index contributed by atoms with van der Waals surface area (Å²) < 4.78 is 26.4. The normalized spacial score (nSPS) is 24.1. The summed E-state index contributed by atoms with van der Waals surface area (Å²) in [6, 6.07) is 17.2. The van der Waals surface area contributed by atoms with Crippen LogP contribution in [0.2, 0.25) is 5.02 Å². The summed E-state index contributed by atoms with van der Waals surface area (Å²) in [6.07, 6.45) is -3.69. The Morgan fingerprint density at radius 3 is 2.48 bits per heavy atom. The molecule has 7 nitrogen and oxygen atoms in total. The molecule has 10 heteroatoms. The van der Waals surface area contributed by atoms with Crippen LogP contribution in [0.25, 0.3) is 0 Å². The Kier molecular flexibility index (Phi) is 10.1. The van der Waals surface area contributed by atoms with E-state index in [1.54, 1.807) is 17.0 Å². The fraction of sp³-hybridized carbons (Fsp3) is 0.406. The second kappa shape index (κ2) is 13.8. The van der Waals surface area contributed by atoms with Gasteiger partial charge in [0.15, 0.2) is 0 Å². The van der Waals surface area contributed by atoms with Gasteiger partial charge in [-0.05, 0) is 79.3 Å². The Hall–Kier alpha value is -2.66. The van der Waals surface area contributed by atoms with E-state index in [1.807, 2.05) is 37.3 Å². The zero-order chi connectivity index (χ0) is 29.8. The minimum absolute atomic E-state index is 0.0896. The van der Waals surface area contributed by atoms with Crippen LogP contribution in [0.5, 0.6) is 5.75 Å². The summed E-state index contributed by atoms with van der Waals surface area (Å²) in [5, 5.41) is 32.8. The van der Waals surface area contributed by atoms with Gasteiger partial charge in [-0.3, -0.25) is 4.79 Å². The first kappa shape index (κ1) is 30.8. The van der Waals surface area contributed by atoms with Crippen LogP contribution in [0.15, 0.2) is 65.6 Å². The number of likely N-dealkylation sites (tertiary alicyclic amines) is 1. The second-order valence-corrected chi connectivity index (χ2v) is 12.1. The number of amides is 1. The first-order valence-corrected chi connectivity index (χ1v) is 15.5. The maximum atomic E-state index is 14.7. The number of halogens is 2. The molecule has 3 N–H and O–H groups in total. The predicted molar refractivity (Wildman–Crippen MR) is 160 cm³/mol. The van der Waals surface area contributed by atoms with Gasteiger partial charge in [-0.2, -0.15) is 0 Å². The summed E-state index contributed by atoms with van der Waals surface area (Å²) in [5.41, 5.74) is 2.82. The molecule has 0 unspecified atom stereocenters. The average molecular weight is 616 g/mol. The highest BCUT2D eigenvalue weighted by molar-refractivity contribution is 7.99. The standard InChI is InChI=1S/C32H35ClFNO6S/c1-2-40-23-9-5-19(6-10-23)15-22-16-20(7-11-24(22)33)31-30(38)29(37)28(36)26(41-31)18-42-27-17-21(8-12-25(27)34)32(39)35-13-3-4-14-35/h5-12,16-17,26,28-31,36-38H,2-4,13-15,18H2,1H3/t26-,28+,29-,30-,31+/m1/s1. The summed E-state index contributed by atoms with van der Waals surface area (Å²) in [5.74, 6) is 0.246. The SMILES string of the molecule is CCOc1ccc(Cc2cc([C@@H]3O[C@H](CSc4cc(C(=O)N5CCCC5)ccc4F)[C@H](O)[C@@H](O)[C@H]3O)ccc2Cl)cc1. The third-order valence-electron chi connectivity index (χ3n) is 7.71. The molecule has 5 rings (SSSR count). The molecule has 3 aromatic rings. The van der Waals surface area contributed by atoms with Crippen LogP contribution in [0, 0.1) is 5.82 Å². The molecular weight excluding hydrogens is 581 g/mol. The van der Waals surface area contributed by atoms with E-state index in [2.05, 4.69) is 0 Å². The van der Waals surface area contributed by atoms with Crippen LogP contribution in [-0.4, -0.2) is 76.0 Å². The van der Waals surface area contributed by atoms with Crippen molar-refractivity contribution in [3.8, 4) is 5.75 Å². The van der Waals surface area contributed by atoms with Crippen molar-refractivity contribution in [1.82, 2.24) is 4.90 Å². The molecule has 2 saturated heterocycles. The van der Waals surface area contributed by atoms with E-state index in [0.29, 0.717) is 42.3 Å². The van der Waals surface area contributed by atoms with Crippen molar-refractivity contribution in [2.24, 2.45) is 0 Å². The molecule has 0 aliphatic carbocycles. The molecule has 5 atom stereocenters. The number of rotatable bonds is 9. The molecular formula is C32H35ClFNO6S. The van der Waals surface area contributed by atoms with Crippen molar-refractivity contribution in [3.05, 3.63) is 93.8 Å². The molecule has 2 fully saturated rings. The van der Waals surface area contributed by atoms with Crippen molar-refractivity contribution in [1.29, 1.82) is 0 Å². The van der Waals surface area contributed by atoms with E-state index in [4.69, 9.17) is 21.1 Å². The summed E-state index contributed by atoms with van der Waals surface area (Å²) in [7, 11) is 0. The average Bonchev–Trinajstić information content (AvgIpc) is 3.54. The van der Waals surface area contributed by atoms with Gasteiger partial charge >= 0.3 is 0 Å². The Bertz CT molecular complexity index is 1390. The Balaban J connectivity index is 1.30. The molecule has 224 valence electrons. The zero-order valence-electron chi connectivity index (χ0n) is 23.3. The Labute approximate surface area is 254 Å². The van der Waals surface area contributed by atoms with Crippen LogP contribution in [0.3, 0.4) is 0 Å². The Morgan fingerprint density at radius 2 is 1.76 bits per heavy atom. The Morgan fingerprint density at radius 1 is 1.02 bits per heavy atom. The third-order valence-corrected chi connectivity index (χ3v) is 9.20. The van der Waals surface area contributed by atoms with Crippen molar-refractivity contribution >= 4 is 29.3 Å². The quantitative estimate of drug-likeness (QED) is 0.291. The van der Waals surface area contributed by atoms with E-state index < -0.39 is 36.3 Å². The van der Waals surface area contributed by atoms with Crippen molar-refractivity contribution in [2.45, 2.75) is 61.6 Å². The van der Waals surface area contributed by atoms with Gasteiger partial charge in [-0.1, -0.05) is 35.9 Å². The molecule has 1 amide bonds. The van der Waals surface area contributed by atoms with E-state index in [9.17, 15) is 24.5 Å². The van der Waals surface area contributed by atoms with Crippen LogP contribution in [0.4, 0.5) is 4.39 Å². The maximum absolute atomic E-state index is 14.7. The summed E-state index contributed by atoms with van der Waals surface area (Å²) in [6.45, 7) is 3.88. The lowest BCUT2D eigenvalue weighted by atomic mass is 9.90. The summed E-state index contributed by atoms with van der Waals surface area (Å²) in [4.78, 5) is 14.8. The maximum Gasteiger partial charge on any atom is 0.253 e. The van der Waals surface area contributed by atoms with Gasteiger partial charge in [-0.15, -0.1) is 11.8 Å². The molecule has 0 radical (unpaired) electrons. The lowest BCUT2D eigenvalue weighted by molar-refractivity contribution is -0.218. The molecule has 2 heterocycles. The number of aliphatic hydroxyl groups excluding tert-OH is 3. The highest BCUT2D eigenvalue weighted by atomic mass is 35.5. The topological polar surface area (TPSA) is 99.5 Å². The van der Waals surface area contributed by atoms with Crippen molar-refractivity contribution in [3.63, 3.8) is 0 Å². The van der Waals surface area contributed by atoms with Crippen LogP contribution < -0.4 is 4.74 Å². The number of hydrogen-bond acceptors (Lipinski definition) is 7. The third kappa shape index (κ3) is 6.93. The van der Waals surface area contributed by atoms with Crippen molar-refractivity contribution < 1.29 is 34.0 Å². The van der Waals surface area contributed by atoms with E-state index in [-0.39, 0.29) is 16.6 Å². The summed E-state index contributed by atoms with van der Waals surface area (Å²) >= 11 is 7.60. The van der Waals surface area contributed by atoms with Gasteiger partial charge in [0.1, 0.15) is 36.0 Å². The van der Waals surface area contributed by atoms with Gasteiger partial charge in [0, 0.05) is 34.3 Å². The number of hydrogen-bond donors (Lipinski definition) is 3. The first-order valence-electron chi connectivity index (χ1n) is 14.2. The van der Waals surface area contributed by atoms with Gasteiger partial charge in [0.2, 0.25) is 0 Å². The fourth-order valence-corrected chi connectivity index (χ4v) is 6.60. The molecule has 2 aliphatic rings. The smallest absolute Gasteiger partial charge is 0.253 e. The molecule has 0 spiro atoms. The highest BCUT2D eigenvalue weighted by Gasteiger charge is 2.44. The van der Waals surface area contributed by atoms with Crippen LogP contribution in [-0.2, 0) is 11.2 Å². The zero-order valence-corrected chi connectivity index (χ0v) is 24.9. The van der Waals surface area contributed by atoms with E-state index in [1.165, 1.54) is 18.2 Å². The molecule has 0 saturated carbocycles. The van der Waals surface area contributed by atoms with Crippen molar-refractivity contribution in [2.75, 3.05) is 25.4 Å². The number of ether oxygens (including phenoxy) is 2. The lowest BCUT2D eigenvalue weighted by Gasteiger charge is -2.41. The van der Waals surface area contributed by atoms with Crippen LogP contribution in [0.1, 0.15) is 52.9 Å². The minimum atomic E-state index is -1.48. The van der Waals surface area contributed by atoms with Gasteiger partial charge < -0.3 is 29.7 Å². The minimum Gasteiger partial charge on any atom is -0.494 e. The van der Waals surface area contributed by atoms with E-state index >= 15 is 0 Å². The molecule has 0 aromatic heterocycles. The number of aliphatic hydroxyl groups is 3. The van der Waals surface area contributed by atoms with Gasteiger partial charge in [-0.25, -0.2) is 4.39 Å².